The minimum atomic E-state index is -0.271. The Hall–Kier alpha value is -3.97. The Morgan fingerprint density at radius 3 is 2.36 bits per heavy atom. The van der Waals surface area contributed by atoms with Crippen molar-refractivity contribution >= 4 is 49.1 Å². The molecule has 33 heavy (non-hydrogen) atoms. The quantitative estimate of drug-likeness (QED) is 0.310. The second-order valence-corrected chi connectivity index (χ2v) is 8.43. The average Bonchev–Trinajstić information content (AvgIpc) is 3.29. The van der Waals surface area contributed by atoms with Crippen molar-refractivity contribution in [3.05, 3.63) is 90.0 Å². The Morgan fingerprint density at radius 1 is 0.848 bits per heavy atom. The molecule has 1 heterocycles. The molecule has 7 heteroatoms. The van der Waals surface area contributed by atoms with E-state index in [0.717, 1.165) is 10.8 Å². The number of rotatable bonds is 7. The van der Waals surface area contributed by atoms with Crippen molar-refractivity contribution < 1.29 is 9.53 Å². The highest BCUT2D eigenvalue weighted by molar-refractivity contribution is 7.19. The van der Waals surface area contributed by atoms with Gasteiger partial charge in [0.1, 0.15) is 5.75 Å². The number of aromatic nitrogens is 2. The van der Waals surface area contributed by atoms with Gasteiger partial charge in [0, 0.05) is 6.54 Å². The lowest BCUT2D eigenvalue weighted by molar-refractivity contribution is 0.102. The van der Waals surface area contributed by atoms with Crippen LogP contribution in [0.3, 0.4) is 0 Å². The standard InChI is InChI=1S/C26H22N4O2S/c1-2-32-22-15-14-18-9-4-6-13-21(18)23(22)24(31)28-26-30-29-25(33-26)27-16-19-11-7-10-17-8-3-5-12-20(17)19/h3-15H,2,16H2,1H3,(H,27,29)(H,28,30,31). The lowest BCUT2D eigenvalue weighted by atomic mass is 10.0. The zero-order valence-electron chi connectivity index (χ0n) is 18.0. The number of amides is 1. The highest BCUT2D eigenvalue weighted by Crippen LogP contribution is 2.30. The summed E-state index contributed by atoms with van der Waals surface area (Å²) >= 11 is 1.30. The van der Waals surface area contributed by atoms with Crippen LogP contribution in [0.15, 0.2) is 78.9 Å². The molecule has 0 fully saturated rings. The molecule has 0 unspecified atom stereocenters. The smallest absolute Gasteiger partial charge is 0.261 e. The summed E-state index contributed by atoms with van der Waals surface area (Å²) in [5.41, 5.74) is 1.67. The van der Waals surface area contributed by atoms with E-state index in [1.165, 1.54) is 27.7 Å². The molecule has 5 aromatic rings. The van der Waals surface area contributed by atoms with Crippen LogP contribution in [0.25, 0.3) is 21.5 Å². The molecule has 2 N–H and O–H groups in total. The summed E-state index contributed by atoms with van der Waals surface area (Å²) in [7, 11) is 0. The average molecular weight is 455 g/mol. The summed E-state index contributed by atoms with van der Waals surface area (Å²) in [6, 6.07) is 26.1. The van der Waals surface area contributed by atoms with Crippen LogP contribution in [-0.4, -0.2) is 22.7 Å². The first-order chi connectivity index (χ1) is 16.2. The van der Waals surface area contributed by atoms with Crippen molar-refractivity contribution in [2.75, 3.05) is 17.2 Å². The monoisotopic (exact) mass is 454 g/mol. The zero-order chi connectivity index (χ0) is 22.6. The minimum Gasteiger partial charge on any atom is -0.493 e. The third-order valence-electron chi connectivity index (χ3n) is 5.37. The van der Waals surface area contributed by atoms with E-state index in [4.69, 9.17) is 4.74 Å². The fourth-order valence-corrected chi connectivity index (χ4v) is 4.52. The molecule has 0 saturated heterocycles. The van der Waals surface area contributed by atoms with E-state index in [0.29, 0.717) is 34.7 Å². The number of anilines is 2. The number of hydrogen-bond acceptors (Lipinski definition) is 6. The molecule has 1 aromatic heterocycles. The van der Waals surface area contributed by atoms with Gasteiger partial charge in [-0.1, -0.05) is 84.1 Å². The molecule has 5 rings (SSSR count). The van der Waals surface area contributed by atoms with E-state index in [2.05, 4.69) is 45.1 Å². The Kier molecular flexibility index (Phi) is 5.87. The molecule has 0 atom stereocenters. The second-order valence-electron chi connectivity index (χ2n) is 7.45. The van der Waals surface area contributed by atoms with Crippen molar-refractivity contribution in [3.8, 4) is 5.75 Å². The lowest BCUT2D eigenvalue weighted by Gasteiger charge is -2.12. The molecule has 0 aliphatic carbocycles. The van der Waals surface area contributed by atoms with Crippen molar-refractivity contribution in [3.63, 3.8) is 0 Å². The number of carbonyl (C=O) groups excluding carboxylic acids is 1. The summed E-state index contributed by atoms with van der Waals surface area (Å²) in [6.45, 7) is 2.98. The first kappa shape index (κ1) is 20.9. The molecule has 0 radical (unpaired) electrons. The first-order valence-corrected chi connectivity index (χ1v) is 11.5. The molecular weight excluding hydrogens is 432 g/mol. The maximum atomic E-state index is 13.2. The van der Waals surface area contributed by atoms with Gasteiger partial charge in [-0.25, -0.2) is 0 Å². The van der Waals surface area contributed by atoms with Crippen molar-refractivity contribution in [2.45, 2.75) is 13.5 Å². The Morgan fingerprint density at radius 2 is 1.55 bits per heavy atom. The minimum absolute atomic E-state index is 0.271. The topological polar surface area (TPSA) is 76.1 Å². The maximum Gasteiger partial charge on any atom is 0.261 e. The van der Waals surface area contributed by atoms with Crippen LogP contribution in [0, 0.1) is 0 Å². The molecule has 1 amide bonds. The van der Waals surface area contributed by atoms with Gasteiger partial charge in [-0.2, -0.15) is 0 Å². The third kappa shape index (κ3) is 4.36. The van der Waals surface area contributed by atoms with Gasteiger partial charge in [-0.15, -0.1) is 10.2 Å². The van der Waals surface area contributed by atoms with E-state index < -0.39 is 0 Å². The van der Waals surface area contributed by atoms with Crippen LogP contribution in [0.5, 0.6) is 5.75 Å². The van der Waals surface area contributed by atoms with Crippen LogP contribution in [0.1, 0.15) is 22.8 Å². The number of nitrogens with zero attached hydrogens (tertiary/aromatic N) is 2. The predicted molar refractivity (Wildman–Crippen MR) is 134 cm³/mol. The Balaban J connectivity index is 1.34. The first-order valence-electron chi connectivity index (χ1n) is 10.7. The highest BCUT2D eigenvalue weighted by atomic mass is 32.1. The van der Waals surface area contributed by atoms with Crippen LogP contribution in [0.2, 0.25) is 0 Å². The number of nitrogens with one attached hydrogen (secondary N) is 2. The van der Waals surface area contributed by atoms with Gasteiger partial charge < -0.3 is 10.1 Å². The molecule has 0 bridgehead atoms. The van der Waals surface area contributed by atoms with Crippen LogP contribution >= 0.6 is 11.3 Å². The molecule has 6 nitrogen and oxygen atoms in total. The van der Waals surface area contributed by atoms with Gasteiger partial charge in [0.05, 0.1) is 12.2 Å². The molecule has 0 saturated carbocycles. The van der Waals surface area contributed by atoms with E-state index >= 15 is 0 Å². The number of ether oxygens (including phenoxy) is 1. The van der Waals surface area contributed by atoms with Gasteiger partial charge in [-0.05, 0) is 40.1 Å². The van der Waals surface area contributed by atoms with E-state index in [1.807, 2.05) is 61.5 Å². The summed E-state index contributed by atoms with van der Waals surface area (Å²) in [5, 5.41) is 19.8. The van der Waals surface area contributed by atoms with Gasteiger partial charge in [0.15, 0.2) is 0 Å². The fraction of sp³-hybridized carbons (Fsp3) is 0.115. The lowest BCUT2D eigenvalue weighted by Crippen LogP contribution is -2.14. The maximum absolute atomic E-state index is 13.2. The molecule has 0 spiro atoms. The summed E-state index contributed by atoms with van der Waals surface area (Å²) in [6.07, 6.45) is 0. The third-order valence-corrected chi connectivity index (χ3v) is 6.17. The van der Waals surface area contributed by atoms with E-state index in [-0.39, 0.29) is 5.91 Å². The highest BCUT2D eigenvalue weighted by Gasteiger charge is 2.18. The molecule has 0 aliphatic heterocycles. The number of benzene rings is 4. The molecule has 4 aromatic carbocycles. The van der Waals surface area contributed by atoms with E-state index in [1.54, 1.807) is 0 Å². The van der Waals surface area contributed by atoms with E-state index in [9.17, 15) is 4.79 Å². The number of fused-ring (bicyclic) bond motifs is 2. The summed E-state index contributed by atoms with van der Waals surface area (Å²) < 4.78 is 5.73. The molecule has 0 aliphatic rings. The van der Waals surface area contributed by atoms with Crippen LogP contribution in [-0.2, 0) is 6.54 Å². The van der Waals surface area contributed by atoms with Gasteiger partial charge >= 0.3 is 0 Å². The Bertz CT molecular complexity index is 1440. The molecule has 164 valence electrons. The SMILES string of the molecule is CCOc1ccc2ccccc2c1C(=O)Nc1nnc(NCc2cccc3ccccc23)s1. The van der Waals surface area contributed by atoms with Crippen LogP contribution in [0.4, 0.5) is 10.3 Å². The molecular formula is C26H22N4O2S. The van der Waals surface area contributed by atoms with Crippen LogP contribution < -0.4 is 15.4 Å². The van der Waals surface area contributed by atoms with Crippen molar-refractivity contribution in [1.29, 1.82) is 0 Å². The second kappa shape index (κ2) is 9.26. The largest absolute Gasteiger partial charge is 0.493 e. The number of hydrogen-bond donors (Lipinski definition) is 2. The van der Waals surface area contributed by atoms with Gasteiger partial charge in [-0.3, -0.25) is 10.1 Å². The predicted octanol–water partition coefficient (Wildman–Crippen LogP) is 6.11. The van der Waals surface area contributed by atoms with Crippen molar-refractivity contribution in [2.24, 2.45) is 0 Å². The zero-order valence-corrected chi connectivity index (χ0v) is 18.9. The van der Waals surface area contributed by atoms with Crippen molar-refractivity contribution in [1.82, 2.24) is 10.2 Å². The number of carbonyl (C=O) groups is 1. The normalized spacial score (nSPS) is 10.9. The summed E-state index contributed by atoms with van der Waals surface area (Å²) in [5.74, 6) is 0.277. The Labute approximate surface area is 195 Å². The van der Waals surface area contributed by atoms with Gasteiger partial charge in [0.2, 0.25) is 10.3 Å². The fourth-order valence-electron chi connectivity index (χ4n) is 3.88. The van der Waals surface area contributed by atoms with Gasteiger partial charge in [0.25, 0.3) is 5.91 Å². The summed E-state index contributed by atoms with van der Waals surface area (Å²) in [4.78, 5) is 13.2.